The van der Waals surface area contributed by atoms with E-state index in [0.29, 0.717) is 6.42 Å². The Labute approximate surface area is 210 Å². The maximum atomic E-state index is 13.2. The Balaban J connectivity index is 1.10. The van der Waals surface area contributed by atoms with Crippen molar-refractivity contribution in [1.82, 2.24) is 14.9 Å². The number of hydrogen-bond donors (Lipinski definition) is 1. The van der Waals surface area contributed by atoms with Crippen molar-refractivity contribution in [3.63, 3.8) is 0 Å². The van der Waals surface area contributed by atoms with E-state index in [1.807, 2.05) is 0 Å². The molecule has 0 saturated heterocycles. The molecule has 4 saturated carbocycles. The molecule has 4 bridgehead atoms. The number of hydrogen-bond acceptors (Lipinski definition) is 4. The fourth-order valence-electron chi connectivity index (χ4n) is 8.04. The van der Waals surface area contributed by atoms with Gasteiger partial charge in [-0.25, -0.2) is 9.97 Å². The summed E-state index contributed by atoms with van der Waals surface area (Å²) in [6.45, 7) is 9.44. The van der Waals surface area contributed by atoms with E-state index in [9.17, 15) is 4.79 Å². The van der Waals surface area contributed by atoms with E-state index >= 15 is 0 Å². The fraction of sp³-hybridized carbons (Fsp3) is 0.633. The van der Waals surface area contributed by atoms with Crippen LogP contribution in [0.1, 0.15) is 88.1 Å². The summed E-state index contributed by atoms with van der Waals surface area (Å²) < 4.78 is 0. The number of carbonyl (C=O) groups excluding carboxylic acids is 1. The highest BCUT2D eigenvalue weighted by molar-refractivity contribution is 5.91. The van der Waals surface area contributed by atoms with Crippen LogP contribution in [0, 0.1) is 23.2 Å². The second kappa shape index (κ2) is 8.69. The Kier molecular flexibility index (Phi) is 5.75. The van der Waals surface area contributed by atoms with Gasteiger partial charge in [-0.05, 0) is 84.7 Å². The lowest BCUT2D eigenvalue weighted by Gasteiger charge is -2.56. The Morgan fingerprint density at radius 2 is 1.69 bits per heavy atom. The third kappa shape index (κ3) is 4.76. The lowest BCUT2D eigenvalue weighted by atomic mass is 9.49. The largest absolute Gasteiger partial charge is 0.310 e. The zero-order valence-electron chi connectivity index (χ0n) is 21.6. The van der Waals surface area contributed by atoms with Gasteiger partial charge in [0.1, 0.15) is 12.1 Å². The SMILES string of the molecule is CC(C)(C)c1ccc(CN2CCc3c(ncnc3NC(=O)CC34CC5CC(CC(C5)C3)C4)C2)cc1. The van der Waals surface area contributed by atoms with Crippen LogP contribution in [-0.2, 0) is 29.7 Å². The van der Waals surface area contributed by atoms with E-state index in [-0.39, 0.29) is 16.7 Å². The number of rotatable bonds is 5. The van der Waals surface area contributed by atoms with Gasteiger partial charge in [0.2, 0.25) is 5.91 Å². The molecule has 7 rings (SSSR count). The van der Waals surface area contributed by atoms with Crippen LogP contribution in [0.25, 0.3) is 0 Å². The first-order valence-corrected chi connectivity index (χ1v) is 13.7. The summed E-state index contributed by atoms with van der Waals surface area (Å²) in [7, 11) is 0. The maximum Gasteiger partial charge on any atom is 0.226 e. The van der Waals surface area contributed by atoms with Crippen molar-refractivity contribution in [2.45, 2.75) is 90.6 Å². The predicted molar refractivity (Wildman–Crippen MR) is 139 cm³/mol. The molecular weight excluding hydrogens is 432 g/mol. The van der Waals surface area contributed by atoms with Crippen LogP contribution in [-0.4, -0.2) is 27.3 Å². The zero-order chi connectivity index (χ0) is 24.2. The van der Waals surface area contributed by atoms with Gasteiger partial charge in [-0.3, -0.25) is 9.69 Å². The second-order valence-corrected chi connectivity index (χ2v) is 13.2. The normalized spacial score (nSPS) is 29.7. The summed E-state index contributed by atoms with van der Waals surface area (Å²) in [6, 6.07) is 9.03. The number of nitrogens with zero attached hydrogens (tertiary/aromatic N) is 3. The minimum absolute atomic E-state index is 0.161. The van der Waals surface area contributed by atoms with Crippen LogP contribution < -0.4 is 5.32 Å². The first-order chi connectivity index (χ1) is 16.7. The molecule has 5 heteroatoms. The van der Waals surface area contributed by atoms with Crippen LogP contribution in [0.3, 0.4) is 0 Å². The van der Waals surface area contributed by atoms with Crippen molar-refractivity contribution < 1.29 is 4.79 Å². The third-order valence-electron chi connectivity index (χ3n) is 9.27. The van der Waals surface area contributed by atoms with Crippen molar-refractivity contribution in [1.29, 1.82) is 0 Å². The Bertz CT molecular complexity index is 1070. The second-order valence-electron chi connectivity index (χ2n) is 13.2. The van der Waals surface area contributed by atoms with Gasteiger partial charge in [-0.15, -0.1) is 0 Å². The van der Waals surface area contributed by atoms with Crippen LogP contribution in [0.4, 0.5) is 5.82 Å². The molecule has 5 nitrogen and oxygen atoms in total. The minimum Gasteiger partial charge on any atom is -0.310 e. The van der Waals surface area contributed by atoms with Crippen molar-refractivity contribution in [2.24, 2.45) is 23.2 Å². The molecule has 1 aliphatic heterocycles. The third-order valence-corrected chi connectivity index (χ3v) is 9.27. The quantitative estimate of drug-likeness (QED) is 0.591. The van der Waals surface area contributed by atoms with Crippen molar-refractivity contribution in [2.75, 3.05) is 11.9 Å². The van der Waals surface area contributed by atoms with Crippen LogP contribution in [0.2, 0.25) is 0 Å². The zero-order valence-corrected chi connectivity index (χ0v) is 21.6. The van der Waals surface area contributed by atoms with E-state index in [4.69, 9.17) is 0 Å². The molecule has 0 atom stereocenters. The topological polar surface area (TPSA) is 58.1 Å². The fourth-order valence-corrected chi connectivity index (χ4v) is 8.04. The van der Waals surface area contributed by atoms with Gasteiger partial charge in [0.25, 0.3) is 0 Å². The van der Waals surface area contributed by atoms with Gasteiger partial charge in [0.15, 0.2) is 0 Å². The molecule has 1 N–H and O–H groups in total. The molecule has 2 aromatic rings. The lowest BCUT2D eigenvalue weighted by Crippen LogP contribution is -2.47. The van der Waals surface area contributed by atoms with Gasteiger partial charge >= 0.3 is 0 Å². The smallest absolute Gasteiger partial charge is 0.226 e. The Morgan fingerprint density at radius 3 is 2.31 bits per heavy atom. The lowest BCUT2D eigenvalue weighted by molar-refractivity contribution is -0.124. The van der Waals surface area contributed by atoms with E-state index in [0.717, 1.165) is 60.9 Å². The summed E-state index contributed by atoms with van der Waals surface area (Å²) in [5.41, 5.74) is 5.32. The molecule has 5 aliphatic rings. The Morgan fingerprint density at radius 1 is 1.03 bits per heavy atom. The maximum absolute atomic E-state index is 13.2. The first kappa shape index (κ1) is 23.1. The molecule has 1 aromatic carbocycles. The molecule has 4 aliphatic carbocycles. The molecule has 35 heavy (non-hydrogen) atoms. The summed E-state index contributed by atoms with van der Waals surface area (Å²) in [5.74, 6) is 3.53. The number of aromatic nitrogens is 2. The van der Waals surface area contributed by atoms with Crippen molar-refractivity contribution in [3.8, 4) is 0 Å². The van der Waals surface area contributed by atoms with Crippen molar-refractivity contribution in [3.05, 3.63) is 53.0 Å². The average Bonchev–Trinajstić information content (AvgIpc) is 2.77. The van der Waals surface area contributed by atoms with E-state index in [1.165, 1.54) is 49.7 Å². The monoisotopic (exact) mass is 472 g/mol. The van der Waals surface area contributed by atoms with Crippen LogP contribution in [0.15, 0.2) is 30.6 Å². The highest BCUT2D eigenvalue weighted by Crippen LogP contribution is 2.61. The van der Waals surface area contributed by atoms with Gasteiger partial charge in [0.05, 0.1) is 5.69 Å². The van der Waals surface area contributed by atoms with E-state index in [1.54, 1.807) is 6.33 Å². The number of amides is 1. The van der Waals surface area contributed by atoms with Gasteiger partial charge < -0.3 is 5.32 Å². The Hall–Kier alpha value is -2.27. The molecule has 186 valence electrons. The number of benzene rings is 1. The van der Waals surface area contributed by atoms with Crippen LogP contribution >= 0.6 is 0 Å². The van der Waals surface area contributed by atoms with Crippen molar-refractivity contribution >= 4 is 11.7 Å². The molecule has 1 amide bonds. The number of nitrogens with one attached hydrogen (secondary N) is 1. The van der Waals surface area contributed by atoms with E-state index < -0.39 is 0 Å². The summed E-state index contributed by atoms with van der Waals surface area (Å²) in [5, 5.41) is 3.22. The minimum atomic E-state index is 0.161. The van der Waals surface area contributed by atoms with Crippen LogP contribution in [0.5, 0.6) is 0 Å². The molecule has 0 unspecified atom stereocenters. The summed E-state index contributed by atoms with van der Waals surface area (Å²) in [6.07, 6.45) is 11.2. The predicted octanol–water partition coefficient (Wildman–Crippen LogP) is 5.88. The van der Waals surface area contributed by atoms with Gasteiger partial charge in [-0.2, -0.15) is 0 Å². The summed E-state index contributed by atoms with van der Waals surface area (Å²) in [4.78, 5) is 24.8. The molecule has 0 spiro atoms. The number of carbonyl (C=O) groups is 1. The highest BCUT2D eigenvalue weighted by Gasteiger charge is 2.51. The highest BCUT2D eigenvalue weighted by atomic mass is 16.1. The average molecular weight is 473 g/mol. The molecule has 4 fully saturated rings. The molecule has 2 heterocycles. The molecule has 1 aromatic heterocycles. The molecular formula is C30H40N4O. The first-order valence-electron chi connectivity index (χ1n) is 13.7. The number of anilines is 1. The standard InChI is InChI=1S/C30H40N4O/c1-29(2,3)24-6-4-20(5-7-24)17-34-9-8-25-26(18-34)31-19-32-28(25)33-27(35)16-30-13-21-10-22(14-30)12-23(11-21)15-30/h4-7,19,21-23H,8-18H2,1-3H3,(H,31,32,33,35). The van der Waals surface area contributed by atoms with Gasteiger partial charge in [-0.1, -0.05) is 45.0 Å². The molecule has 0 radical (unpaired) electrons. The van der Waals surface area contributed by atoms with E-state index in [2.05, 4.69) is 65.2 Å². The number of fused-ring (bicyclic) bond motifs is 1. The van der Waals surface area contributed by atoms with Gasteiger partial charge in [0, 0.05) is 31.6 Å². The summed E-state index contributed by atoms with van der Waals surface area (Å²) >= 11 is 0.